The first-order valence-corrected chi connectivity index (χ1v) is 4.84. The standard InChI is InChI=1S/C11H16N2/c1-9-7-8-13(2)11-6-4-3-5-10(11)12-9/h3-6,9,12H,7-8H2,1-2H3. The summed E-state index contributed by atoms with van der Waals surface area (Å²) in [6.07, 6.45) is 1.20. The van der Waals surface area contributed by atoms with Gasteiger partial charge in [-0.25, -0.2) is 0 Å². The van der Waals surface area contributed by atoms with Crippen LogP contribution >= 0.6 is 0 Å². The van der Waals surface area contributed by atoms with E-state index in [9.17, 15) is 0 Å². The van der Waals surface area contributed by atoms with Crippen molar-refractivity contribution in [2.45, 2.75) is 19.4 Å². The van der Waals surface area contributed by atoms with Crippen molar-refractivity contribution in [1.82, 2.24) is 0 Å². The molecule has 2 heteroatoms. The molecule has 1 atom stereocenters. The zero-order valence-electron chi connectivity index (χ0n) is 8.25. The van der Waals surface area contributed by atoms with Gasteiger partial charge in [0.15, 0.2) is 0 Å². The Morgan fingerprint density at radius 2 is 2.15 bits per heavy atom. The van der Waals surface area contributed by atoms with Gasteiger partial charge in [0, 0.05) is 19.6 Å². The fourth-order valence-corrected chi connectivity index (χ4v) is 1.77. The quantitative estimate of drug-likeness (QED) is 0.652. The molecule has 0 bridgehead atoms. The van der Waals surface area contributed by atoms with E-state index in [1.165, 1.54) is 17.8 Å². The molecule has 0 fully saturated rings. The Hall–Kier alpha value is -1.18. The monoisotopic (exact) mass is 176 g/mol. The van der Waals surface area contributed by atoms with Crippen LogP contribution in [0.1, 0.15) is 13.3 Å². The maximum absolute atomic E-state index is 3.51. The lowest BCUT2D eigenvalue weighted by Gasteiger charge is -2.17. The lowest BCUT2D eigenvalue weighted by molar-refractivity contribution is 0.711. The first kappa shape index (κ1) is 8.42. The second-order valence-corrected chi connectivity index (χ2v) is 3.77. The molecular formula is C11H16N2. The number of nitrogens with one attached hydrogen (secondary N) is 1. The Labute approximate surface area is 79.6 Å². The molecule has 0 aliphatic carbocycles. The first-order chi connectivity index (χ1) is 6.27. The van der Waals surface area contributed by atoms with Gasteiger partial charge in [-0.2, -0.15) is 0 Å². The molecule has 70 valence electrons. The summed E-state index contributed by atoms with van der Waals surface area (Å²) >= 11 is 0. The highest BCUT2D eigenvalue weighted by Gasteiger charge is 2.14. The van der Waals surface area contributed by atoms with Crippen LogP contribution in [0.3, 0.4) is 0 Å². The molecule has 2 nitrogen and oxygen atoms in total. The Morgan fingerprint density at radius 3 is 3.00 bits per heavy atom. The second kappa shape index (κ2) is 3.29. The van der Waals surface area contributed by atoms with Crippen LogP contribution in [-0.4, -0.2) is 19.6 Å². The van der Waals surface area contributed by atoms with Gasteiger partial charge in [0.1, 0.15) is 0 Å². The van der Waals surface area contributed by atoms with Crippen LogP contribution in [0, 0.1) is 0 Å². The van der Waals surface area contributed by atoms with Gasteiger partial charge < -0.3 is 10.2 Å². The normalized spacial score (nSPS) is 21.7. The third-order valence-corrected chi connectivity index (χ3v) is 2.61. The van der Waals surface area contributed by atoms with Crippen molar-refractivity contribution < 1.29 is 0 Å². The predicted molar refractivity (Wildman–Crippen MR) is 57.4 cm³/mol. The van der Waals surface area contributed by atoms with Crippen LogP contribution in [0.15, 0.2) is 24.3 Å². The highest BCUT2D eigenvalue weighted by Crippen LogP contribution is 2.28. The summed E-state index contributed by atoms with van der Waals surface area (Å²) in [4.78, 5) is 2.31. The van der Waals surface area contributed by atoms with Crippen LogP contribution in [-0.2, 0) is 0 Å². The molecule has 0 aromatic heterocycles. The van der Waals surface area contributed by atoms with E-state index in [1.807, 2.05) is 0 Å². The maximum atomic E-state index is 3.51. The molecule has 1 heterocycles. The van der Waals surface area contributed by atoms with Crippen molar-refractivity contribution in [3.63, 3.8) is 0 Å². The van der Waals surface area contributed by atoms with Gasteiger partial charge in [0.25, 0.3) is 0 Å². The summed E-state index contributed by atoms with van der Waals surface area (Å²) in [5.74, 6) is 0. The Bertz CT molecular complexity index is 296. The third kappa shape index (κ3) is 1.62. The maximum Gasteiger partial charge on any atom is 0.0599 e. The third-order valence-electron chi connectivity index (χ3n) is 2.61. The minimum absolute atomic E-state index is 0.575. The number of hydrogen-bond acceptors (Lipinski definition) is 2. The largest absolute Gasteiger partial charge is 0.381 e. The van der Waals surface area contributed by atoms with Crippen molar-refractivity contribution in [2.24, 2.45) is 0 Å². The predicted octanol–water partition coefficient (Wildman–Crippen LogP) is 2.33. The van der Waals surface area contributed by atoms with E-state index in [2.05, 4.69) is 48.5 Å². The molecule has 1 aliphatic rings. The van der Waals surface area contributed by atoms with Crippen LogP contribution in [0.5, 0.6) is 0 Å². The van der Waals surface area contributed by atoms with E-state index < -0.39 is 0 Å². The van der Waals surface area contributed by atoms with Gasteiger partial charge in [-0.15, -0.1) is 0 Å². The average molecular weight is 176 g/mol. The summed E-state index contributed by atoms with van der Waals surface area (Å²) in [6, 6.07) is 9.06. The fraction of sp³-hybridized carbons (Fsp3) is 0.455. The smallest absolute Gasteiger partial charge is 0.0599 e. The van der Waals surface area contributed by atoms with Crippen molar-refractivity contribution in [1.29, 1.82) is 0 Å². The molecule has 0 spiro atoms. The van der Waals surface area contributed by atoms with Gasteiger partial charge in [0.2, 0.25) is 0 Å². The van der Waals surface area contributed by atoms with E-state index >= 15 is 0 Å². The van der Waals surface area contributed by atoms with Crippen LogP contribution in [0.4, 0.5) is 11.4 Å². The van der Waals surface area contributed by atoms with Crippen LogP contribution in [0.2, 0.25) is 0 Å². The first-order valence-electron chi connectivity index (χ1n) is 4.84. The van der Waals surface area contributed by atoms with Gasteiger partial charge in [-0.05, 0) is 25.5 Å². The molecule has 0 amide bonds. The molecule has 13 heavy (non-hydrogen) atoms. The van der Waals surface area contributed by atoms with Crippen LogP contribution in [0.25, 0.3) is 0 Å². The van der Waals surface area contributed by atoms with E-state index in [0.29, 0.717) is 6.04 Å². The summed E-state index contributed by atoms with van der Waals surface area (Å²) in [5, 5.41) is 3.51. The molecule has 1 N–H and O–H groups in total. The van der Waals surface area contributed by atoms with Gasteiger partial charge in [-0.3, -0.25) is 0 Å². The Morgan fingerprint density at radius 1 is 1.38 bits per heavy atom. The molecule has 1 aliphatic heterocycles. The summed E-state index contributed by atoms with van der Waals surface area (Å²) in [5.41, 5.74) is 2.57. The second-order valence-electron chi connectivity index (χ2n) is 3.77. The minimum Gasteiger partial charge on any atom is -0.381 e. The molecule has 1 unspecified atom stereocenters. The van der Waals surface area contributed by atoms with Crippen molar-refractivity contribution in [3.05, 3.63) is 24.3 Å². The van der Waals surface area contributed by atoms with Crippen molar-refractivity contribution >= 4 is 11.4 Å². The van der Waals surface area contributed by atoms with Crippen molar-refractivity contribution in [2.75, 3.05) is 23.8 Å². The zero-order valence-corrected chi connectivity index (χ0v) is 8.25. The highest BCUT2D eigenvalue weighted by molar-refractivity contribution is 5.70. The van der Waals surface area contributed by atoms with Gasteiger partial charge in [0.05, 0.1) is 11.4 Å². The lowest BCUT2D eigenvalue weighted by atomic mass is 10.2. The topological polar surface area (TPSA) is 15.3 Å². The highest BCUT2D eigenvalue weighted by atomic mass is 15.1. The molecule has 1 aromatic carbocycles. The van der Waals surface area contributed by atoms with Crippen molar-refractivity contribution in [3.8, 4) is 0 Å². The van der Waals surface area contributed by atoms with E-state index in [-0.39, 0.29) is 0 Å². The number of hydrogen-bond donors (Lipinski definition) is 1. The van der Waals surface area contributed by atoms with Crippen LogP contribution < -0.4 is 10.2 Å². The Balaban J connectivity index is 2.38. The summed E-state index contributed by atoms with van der Waals surface area (Å²) < 4.78 is 0. The minimum atomic E-state index is 0.575. The number of para-hydroxylation sites is 2. The lowest BCUT2D eigenvalue weighted by Crippen LogP contribution is -2.19. The number of benzene rings is 1. The van der Waals surface area contributed by atoms with E-state index in [4.69, 9.17) is 0 Å². The summed E-state index contributed by atoms with van der Waals surface area (Å²) in [6.45, 7) is 3.36. The molecule has 0 saturated heterocycles. The average Bonchev–Trinajstić information content (AvgIpc) is 2.27. The molecule has 0 saturated carbocycles. The number of nitrogens with zero attached hydrogens (tertiary/aromatic N) is 1. The fourth-order valence-electron chi connectivity index (χ4n) is 1.77. The number of fused-ring (bicyclic) bond motifs is 1. The zero-order chi connectivity index (χ0) is 9.26. The van der Waals surface area contributed by atoms with E-state index in [0.717, 1.165) is 6.54 Å². The number of anilines is 2. The van der Waals surface area contributed by atoms with Gasteiger partial charge >= 0.3 is 0 Å². The molecule has 2 rings (SSSR count). The molecule has 1 aromatic rings. The van der Waals surface area contributed by atoms with E-state index in [1.54, 1.807) is 0 Å². The summed E-state index contributed by atoms with van der Waals surface area (Å²) in [7, 11) is 2.15. The SMILES string of the molecule is CC1CCN(C)c2ccccc2N1. The molecule has 0 radical (unpaired) electrons. The number of rotatable bonds is 0. The molecular weight excluding hydrogens is 160 g/mol. The van der Waals surface area contributed by atoms with Gasteiger partial charge in [-0.1, -0.05) is 12.1 Å². The Kier molecular flexibility index (Phi) is 2.13.